The Kier molecular flexibility index (Phi) is 5.46. The lowest BCUT2D eigenvalue weighted by Crippen LogP contribution is -2.43. The second-order valence-electron chi connectivity index (χ2n) is 7.29. The van der Waals surface area contributed by atoms with Crippen LogP contribution in [-0.2, 0) is 0 Å². The van der Waals surface area contributed by atoms with Crippen molar-refractivity contribution in [1.29, 1.82) is 0 Å². The van der Waals surface area contributed by atoms with Crippen LogP contribution in [0.2, 0.25) is 0 Å². The van der Waals surface area contributed by atoms with Crippen LogP contribution in [-0.4, -0.2) is 35.0 Å². The van der Waals surface area contributed by atoms with Crippen molar-refractivity contribution in [3.63, 3.8) is 0 Å². The fourth-order valence-electron chi connectivity index (χ4n) is 3.48. The van der Waals surface area contributed by atoms with Gasteiger partial charge in [0, 0.05) is 30.9 Å². The summed E-state index contributed by atoms with van der Waals surface area (Å²) in [6.45, 7) is 3.68. The normalized spacial score (nSPS) is 16.6. The highest BCUT2D eigenvalue weighted by Gasteiger charge is 2.22. The molecule has 0 saturated carbocycles. The van der Waals surface area contributed by atoms with Gasteiger partial charge in [0.15, 0.2) is 5.69 Å². The first-order valence-electron chi connectivity index (χ1n) is 9.60. The van der Waals surface area contributed by atoms with Crippen LogP contribution < -0.4 is 21.7 Å². The molecule has 1 fully saturated rings. The molecule has 150 valence electrons. The van der Waals surface area contributed by atoms with Gasteiger partial charge in [-0.05, 0) is 25.8 Å². The summed E-state index contributed by atoms with van der Waals surface area (Å²) >= 11 is 1.31. The first-order valence-corrected chi connectivity index (χ1v) is 10.4. The summed E-state index contributed by atoms with van der Waals surface area (Å²) in [6.07, 6.45) is 5.41. The molecule has 3 heterocycles. The number of nitrogens with zero attached hydrogens (tertiary/aromatic N) is 3. The standard InChI is InChI=1S/C21H24N6OS/c1-13-4-6-14(7-5-13)21-26-18(19(23)29-21)20(28)25-16-11-24-9-8-17(16)27-10-2-3-15(22)12-27/h4-9,11,15H,2-3,10,12,22-23H2,1H3,(H,25,28). The molecule has 1 unspecified atom stereocenters. The second kappa shape index (κ2) is 8.18. The fourth-order valence-corrected chi connectivity index (χ4v) is 4.32. The van der Waals surface area contributed by atoms with E-state index in [0.717, 1.165) is 47.8 Å². The maximum atomic E-state index is 12.9. The molecule has 0 spiro atoms. The van der Waals surface area contributed by atoms with E-state index in [9.17, 15) is 4.79 Å². The predicted octanol–water partition coefficient (Wildman–Crippen LogP) is 3.28. The number of hydrogen-bond donors (Lipinski definition) is 3. The number of anilines is 3. The largest absolute Gasteiger partial charge is 0.389 e. The molecule has 0 aliphatic carbocycles. The third kappa shape index (κ3) is 4.23. The number of carbonyl (C=O) groups excluding carboxylic acids is 1. The van der Waals surface area contributed by atoms with E-state index < -0.39 is 0 Å². The molecule has 1 aromatic carbocycles. The number of piperidine rings is 1. The van der Waals surface area contributed by atoms with Crippen LogP contribution >= 0.6 is 11.3 Å². The van der Waals surface area contributed by atoms with Crippen molar-refractivity contribution in [2.24, 2.45) is 5.73 Å². The maximum absolute atomic E-state index is 12.9. The number of benzene rings is 1. The third-order valence-electron chi connectivity index (χ3n) is 5.01. The van der Waals surface area contributed by atoms with Gasteiger partial charge < -0.3 is 21.7 Å². The van der Waals surface area contributed by atoms with Gasteiger partial charge in [-0.25, -0.2) is 4.98 Å². The van der Waals surface area contributed by atoms with Crippen LogP contribution in [0.25, 0.3) is 10.6 Å². The Morgan fingerprint density at radius 1 is 1.28 bits per heavy atom. The highest BCUT2D eigenvalue weighted by atomic mass is 32.1. The zero-order valence-electron chi connectivity index (χ0n) is 16.3. The van der Waals surface area contributed by atoms with Crippen LogP contribution in [0.5, 0.6) is 0 Å². The molecule has 3 aromatic rings. The Labute approximate surface area is 173 Å². The fraction of sp³-hybridized carbons (Fsp3) is 0.286. The van der Waals surface area contributed by atoms with Crippen LogP contribution in [0, 0.1) is 6.92 Å². The van der Waals surface area contributed by atoms with Gasteiger partial charge in [-0.1, -0.05) is 41.2 Å². The minimum atomic E-state index is -0.340. The van der Waals surface area contributed by atoms with E-state index in [2.05, 4.69) is 20.2 Å². The van der Waals surface area contributed by atoms with Gasteiger partial charge in [0.25, 0.3) is 5.91 Å². The molecule has 1 aliphatic heterocycles. The molecule has 0 bridgehead atoms. The molecule has 1 saturated heterocycles. The van der Waals surface area contributed by atoms with Crippen molar-refractivity contribution in [2.45, 2.75) is 25.8 Å². The summed E-state index contributed by atoms with van der Waals surface area (Å²) in [5.41, 5.74) is 16.1. The lowest BCUT2D eigenvalue weighted by molar-refractivity contribution is 0.102. The van der Waals surface area contributed by atoms with Crippen LogP contribution in [0.3, 0.4) is 0 Å². The van der Waals surface area contributed by atoms with Crippen molar-refractivity contribution >= 4 is 33.6 Å². The van der Waals surface area contributed by atoms with E-state index in [0.29, 0.717) is 10.7 Å². The number of thiazole rings is 1. The average molecular weight is 409 g/mol. The summed E-state index contributed by atoms with van der Waals surface area (Å²) < 4.78 is 0. The topological polar surface area (TPSA) is 110 Å². The second-order valence-corrected chi connectivity index (χ2v) is 8.32. The first kappa shape index (κ1) is 19.4. The molecule has 2 aromatic heterocycles. The van der Waals surface area contributed by atoms with Crippen molar-refractivity contribution in [2.75, 3.05) is 29.0 Å². The maximum Gasteiger partial charge on any atom is 0.277 e. The number of amides is 1. The molecule has 1 amide bonds. The number of hydrogen-bond acceptors (Lipinski definition) is 7. The van der Waals surface area contributed by atoms with Crippen LogP contribution in [0.15, 0.2) is 42.7 Å². The molecule has 4 rings (SSSR count). The average Bonchev–Trinajstić information content (AvgIpc) is 3.11. The van der Waals surface area contributed by atoms with Crippen LogP contribution in [0.1, 0.15) is 28.9 Å². The summed E-state index contributed by atoms with van der Waals surface area (Å²) in [7, 11) is 0. The van der Waals surface area contributed by atoms with E-state index in [4.69, 9.17) is 11.5 Å². The van der Waals surface area contributed by atoms with E-state index in [1.807, 2.05) is 37.3 Å². The van der Waals surface area contributed by atoms with Crippen molar-refractivity contribution in [1.82, 2.24) is 9.97 Å². The molecule has 0 radical (unpaired) electrons. The zero-order chi connectivity index (χ0) is 20.4. The third-order valence-corrected chi connectivity index (χ3v) is 5.95. The Balaban J connectivity index is 1.57. The molecule has 5 N–H and O–H groups in total. The van der Waals surface area contributed by atoms with Gasteiger partial charge in [0.2, 0.25) is 0 Å². The molecular formula is C21H24N6OS. The van der Waals surface area contributed by atoms with E-state index in [1.54, 1.807) is 12.4 Å². The number of aryl methyl sites for hydroxylation is 1. The first-order chi connectivity index (χ1) is 14.0. The number of carbonyl (C=O) groups is 1. The molecule has 1 aliphatic rings. The smallest absolute Gasteiger partial charge is 0.277 e. The highest BCUT2D eigenvalue weighted by molar-refractivity contribution is 7.19. The molecular weight excluding hydrogens is 384 g/mol. The van der Waals surface area contributed by atoms with E-state index in [1.165, 1.54) is 11.3 Å². The summed E-state index contributed by atoms with van der Waals surface area (Å²) in [5.74, 6) is -0.340. The summed E-state index contributed by atoms with van der Waals surface area (Å²) in [6, 6.07) is 10.0. The number of pyridine rings is 1. The van der Waals surface area contributed by atoms with Gasteiger partial charge >= 0.3 is 0 Å². The molecule has 29 heavy (non-hydrogen) atoms. The van der Waals surface area contributed by atoms with Crippen molar-refractivity contribution in [3.05, 3.63) is 54.0 Å². The molecule has 8 heteroatoms. The minimum absolute atomic E-state index is 0.131. The Morgan fingerprint density at radius 3 is 2.83 bits per heavy atom. The van der Waals surface area contributed by atoms with E-state index >= 15 is 0 Å². The number of nitrogens with two attached hydrogens (primary N) is 2. The van der Waals surface area contributed by atoms with Crippen molar-refractivity contribution in [3.8, 4) is 10.6 Å². The van der Waals surface area contributed by atoms with E-state index in [-0.39, 0.29) is 17.6 Å². The Morgan fingerprint density at radius 2 is 2.07 bits per heavy atom. The van der Waals surface area contributed by atoms with Gasteiger partial charge in [0.1, 0.15) is 10.0 Å². The highest BCUT2D eigenvalue weighted by Crippen LogP contribution is 2.32. The van der Waals surface area contributed by atoms with Gasteiger partial charge in [-0.2, -0.15) is 0 Å². The lowest BCUT2D eigenvalue weighted by atomic mass is 10.1. The number of aromatic nitrogens is 2. The number of nitrogen functional groups attached to an aromatic ring is 1. The summed E-state index contributed by atoms with van der Waals surface area (Å²) in [5, 5.41) is 4.05. The predicted molar refractivity (Wildman–Crippen MR) is 118 cm³/mol. The SMILES string of the molecule is Cc1ccc(-c2nc(C(=O)Nc3cnccc3N3CCCC(N)C3)c(N)s2)cc1. The van der Waals surface area contributed by atoms with Crippen molar-refractivity contribution < 1.29 is 4.79 Å². The van der Waals surface area contributed by atoms with Crippen LogP contribution in [0.4, 0.5) is 16.4 Å². The molecule has 7 nitrogen and oxygen atoms in total. The monoisotopic (exact) mass is 408 g/mol. The lowest BCUT2D eigenvalue weighted by Gasteiger charge is -2.33. The number of nitrogens with one attached hydrogen (secondary N) is 1. The van der Waals surface area contributed by atoms with Gasteiger partial charge in [-0.15, -0.1) is 0 Å². The zero-order valence-corrected chi connectivity index (χ0v) is 17.1. The number of rotatable bonds is 4. The minimum Gasteiger partial charge on any atom is -0.389 e. The van der Waals surface area contributed by atoms with Gasteiger partial charge in [0.05, 0.1) is 17.6 Å². The molecule has 1 atom stereocenters. The van der Waals surface area contributed by atoms with Gasteiger partial charge in [-0.3, -0.25) is 9.78 Å². The Hall–Kier alpha value is -2.97. The Bertz CT molecular complexity index is 1020. The quantitative estimate of drug-likeness (QED) is 0.611. The summed E-state index contributed by atoms with van der Waals surface area (Å²) in [4.78, 5) is 23.8.